The van der Waals surface area contributed by atoms with Gasteiger partial charge in [0.05, 0.1) is 4.47 Å². The fourth-order valence-electron chi connectivity index (χ4n) is 1.60. The first-order valence-corrected chi connectivity index (χ1v) is 6.00. The Hall–Kier alpha value is -1.36. The Labute approximate surface area is 107 Å². The molecule has 3 nitrogen and oxygen atoms in total. The Morgan fingerprint density at radius 1 is 1.35 bits per heavy atom. The Morgan fingerprint density at radius 2 is 2.06 bits per heavy atom. The monoisotopic (exact) mass is 298 g/mol. The summed E-state index contributed by atoms with van der Waals surface area (Å²) in [5.41, 5.74) is 6.88. The Morgan fingerprint density at radius 3 is 2.59 bits per heavy atom. The quantitative estimate of drug-likeness (QED) is 0.913. The van der Waals surface area contributed by atoms with E-state index in [1.807, 2.05) is 13.8 Å². The second-order valence-corrected chi connectivity index (χ2v) is 4.99. The minimum absolute atomic E-state index is 0.0894. The minimum Gasteiger partial charge on any atom is -0.381 e. The molecule has 0 saturated heterocycles. The second-order valence-electron chi connectivity index (χ2n) is 4.13. The molecule has 2 aromatic rings. The predicted molar refractivity (Wildman–Crippen MR) is 68.1 cm³/mol. The summed E-state index contributed by atoms with van der Waals surface area (Å²) in [6.45, 7) is 3.87. The van der Waals surface area contributed by atoms with Crippen LogP contribution in [0.2, 0.25) is 0 Å². The van der Waals surface area contributed by atoms with Crippen LogP contribution in [-0.2, 0) is 0 Å². The van der Waals surface area contributed by atoms with E-state index in [0.717, 1.165) is 5.56 Å². The number of rotatable bonds is 2. The molecular weight excluding hydrogens is 287 g/mol. The average molecular weight is 299 g/mol. The van der Waals surface area contributed by atoms with Gasteiger partial charge in [-0.15, -0.1) is 0 Å². The summed E-state index contributed by atoms with van der Waals surface area (Å²) in [7, 11) is 0. The van der Waals surface area contributed by atoms with Crippen LogP contribution in [0, 0.1) is 5.82 Å². The van der Waals surface area contributed by atoms with Crippen LogP contribution in [0.1, 0.15) is 25.3 Å². The van der Waals surface area contributed by atoms with E-state index in [4.69, 9.17) is 10.3 Å². The van der Waals surface area contributed by atoms with Crippen molar-refractivity contribution in [3.63, 3.8) is 0 Å². The lowest BCUT2D eigenvalue weighted by Crippen LogP contribution is -1.95. The van der Waals surface area contributed by atoms with Gasteiger partial charge in [0.25, 0.3) is 0 Å². The molecule has 5 heteroatoms. The van der Waals surface area contributed by atoms with Gasteiger partial charge in [-0.3, -0.25) is 0 Å². The minimum atomic E-state index is -0.240. The summed E-state index contributed by atoms with van der Waals surface area (Å²) in [6, 6.07) is 5.02. The molecule has 2 N–H and O–H groups in total. The standard InChI is InChI=1S/C12H12BrFN2O/c1-6(2)8-3-7(4-9(13)12(8)14)10-5-11(15)16-17-10/h3-6H,1-2H3,(H2,15,16). The molecule has 17 heavy (non-hydrogen) atoms. The zero-order chi connectivity index (χ0) is 12.6. The highest BCUT2D eigenvalue weighted by Crippen LogP contribution is 2.32. The number of hydrogen-bond acceptors (Lipinski definition) is 3. The van der Waals surface area contributed by atoms with Crippen LogP contribution in [0.5, 0.6) is 0 Å². The lowest BCUT2D eigenvalue weighted by molar-refractivity contribution is 0.435. The highest BCUT2D eigenvalue weighted by atomic mass is 79.9. The van der Waals surface area contributed by atoms with Crippen LogP contribution in [0.15, 0.2) is 27.2 Å². The maximum Gasteiger partial charge on any atom is 0.169 e. The summed E-state index contributed by atoms with van der Waals surface area (Å²) in [5, 5.41) is 3.61. The summed E-state index contributed by atoms with van der Waals surface area (Å²) < 4.78 is 19.3. The van der Waals surface area contributed by atoms with Gasteiger partial charge in [-0.05, 0) is 39.5 Å². The van der Waals surface area contributed by atoms with Crippen molar-refractivity contribution in [3.05, 3.63) is 34.1 Å². The van der Waals surface area contributed by atoms with Gasteiger partial charge in [0.2, 0.25) is 0 Å². The number of nitrogen functional groups attached to an aromatic ring is 1. The summed E-state index contributed by atoms with van der Waals surface area (Å²) >= 11 is 3.20. The molecule has 2 rings (SSSR count). The third-order valence-corrected chi connectivity index (χ3v) is 3.07. The Balaban J connectivity index is 2.56. The van der Waals surface area contributed by atoms with Crippen molar-refractivity contribution in [1.82, 2.24) is 5.16 Å². The van der Waals surface area contributed by atoms with Gasteiger partial charge in [0.1, 0.15) is 5.82 Å². The Bertz CT molecular complexity index is 551. The topological polar surface area (TPSA) is 52.0 Å². The van der Waals surface area contributed by atoms with Crippen molar-refractivity contribution in [1.29, 1.82) is 0 Å². The van der Waals surface area contributed by atoms with Gasteiger partial charge < -0.3 is 10.3 Å². The molecule has 90 valence electrons. The number of anilines is 1. The van der Waals surface area contributed by atoms with Gasteiger partial charge in [-0.25, -0.2) is 4.39 Å². The van der Waals surface area contributed by atoms with Gasteiger partial charge in [0, 0.05) is 11.6 Å². The zero-order valence-electron chi connectivity index (χ0n) is 9.50. The lowest BCUT2D eigenvalue weighted by Gasteiger charge is -2.10. The number of aromatic nitrogens is 1. The molecule has 0 unspecified atom stereocenters. The van der Waals surface area contributed by atoms with Crippen molar-refractivity contribution in [3.8, 4) is 11.3 Å². The van der Waals surface area contributed by atoms with E-state index in [9.17, 15) is 4.39 Å². The van der Waals surface area contributed by atoms with E-state index in [0.29, 0.717) is 21.6 Å². The third-order valence-electron chi connectivity index (χ3n) is 2.49. The highest BCUT2D eigenvalue weighted by Gasteiger charge is 2.14. The molecular formula is C12H12BrFN2O. The van der Waals surface area contributed by atoms with Gasteiger partial charge in [0.15, 0.2) is 11.6 Å². The first-order chi connectivity index (χ1) is 7.99. The average Bonchev–Trinajstić information content (AvgIpc) is 2.68. The molecule has 0 atom stereocenters. The van der Waals surface area contributed by atoms with Crippen molar-refractivity contribution in [2.75, 3.05) is 5.73 Å². The second kappa shape index (κ2) is 4.49. The molecule has 1 aromatic carbocycles. The van der Waals surface area contributed by atoms with Crippen molar-refractivity contribution in [2.24, 2.45) is 0 Å². The van der Waals surface area contributed by atoms with E-state index in [1.165, 1.54) is 0 Å². The fraction of sp³-hybridized carbons (Fsp3) is 0.250. The molecule has 0 amide bonds. The van der Waals surface area contributed by atoms with Crippen molar-refractivity contribution >= 4 is 21.7 Å². The lowest BCUT2D eigenvalue weighted by atomic mass is 9.99. The van der Waals surface area contributed by atoms with Crippen molar-refractivity contribution in [2.45, 2.75) is 19.8 Å². The molecule has 0 aliphatic rings. The normalized spacial score (nSPS) is 11.1. The molecule has 0 aliphatic carbocycles. The molecule has 0 spiro atoms. The van der Waals surface area contributed by atoms with Gasteiger partial charge in [-0.1, -0.05) is 19.0 Å². The number of benzene rings is 1. The molecule has 0 saturated carbocycles. The Kier molecular flexibility index (Phi) is 3.19. The third kappa shape index (κ3) is 2.34. The van der Waals surface area contributed by atoms with E-state index >= 15 is 0 Å². The number of hydrogen-bond donors (Lipinski definition) is 1. The van der Waals surface area contributed by atoms with Crippen molar-refractivity contribution < 1.29 is 8.91 Å². The number of nitrogens with two attached hydrogens (primary N) is 1. The largest absolute Gasteiger partial charge is 0.381 e. The smallest absolute Gasteiger partial charge is 0.169 e. The van der Waals surface area contributed by atoms with E-state index in [2.05, 4.69) is 21.1 Å². The summed E-state index contributed by atoms with van der Waals surface area (Å²) in [6.07, 6.45) is 0. The molecule has 0 fully saturated rings. The fourth-order valence-corrected chi connectivity index (χ4v) is 2.07. The highest BCUT2D eigenvalue weighted by molar-refractivity contribution is 9.10. The first kappa shape index (κ1) is 12.1. The van der Waals surface area contributed by atoms with Crippen LogP contribution in [0.4, 0.5) is 10.2 Å². The molecule has 0 bridgehead atoms. The van der Waals surface area contributed by atoms with Crippen LogP contribution in [0.3, 0.4) is 0 Å². The molecule has 1 heterocycles. The molecule has 1 aromatic heterocycles. The van der Waals surface area contributed by atoms with E-state index < -0.39 is 0 Å². The van der Waals surface area contributed by atoms with E-state index in [1.54, 1.807) is 18.2 Å². The SMILES string of the molecule is CC(C)c1cc(-c2cc(N)no2)cc(Br)c1F. The number of nitrogens with zero attached hydrogens (tertiary/aromatic N) is 1. The maximum atomic E-state index is 13.8. The maximum absolute atomic E-state index is 13.8. The van der Waals surface area contributed by atoms with Gasteiger partial charge in [-0.2, -0.15) is 0 Å². The van der Waals surface area contributed by atoms with Crippen LogP contribution >= 0.6 is 15.9 Å². The zero-order valence-corrected chi connectivity index (χ0v) is 11.1. The summed E-state index contributed by atoms with van der Waals surface area (Å²) in [5.74, 6) is 0.694. The first-order valence-electron chi connectivity index (χ1n) is 5.20. The van der Waals surface area contributed by atoms with E-state index in [-0.39, 0.29) is 11.7 Å². The van der Waals surface area contributed by atoms with Crippen LogP contribution in [0.25, 0.3) is 11.3 Å². The molecule has 0 aliphatic heterocycles. The molecule has 0 radical (unpaired) electrons. The predicted octanol–water partition coefficient (Wildman–Crippen LogP) is 3.95. The van der Waals surface area contributed by atoms with Crippen LogP contribution in [-0.4, -0.2) is 5.16 Å². The van der Waals surface area contributed by atoms with Crippen LogP contribution < -0.4 is 5.73 Å². The van der Waals surface area contributed by atoms with Gasteiger partial charge >= 0.3 is 0 Å². The summed E-state index contributed by atoms with van der Waals surface area (Å²) in [4.78, 5) is 0. The number of halogens is 2.